The zero-order valence-electron chi connectivity index (χ0n) is 10.2. The van der Waals surface area contributed by atoms with Crippen molar-refractivity contribution in [3.8, 4) is 0 Å². The molecule has 1 atom stereocenters. The van der Waals surface area contributed by atoms with Crippen LogP contribution in [0.25, 0.3) is 0 Å². The lowest BCUT2D eigenvalue weighted by Crippen LogP contribution is -2.41. The number of Topliss-reactive ketones (excluding diaryl/α,β-unsaturated/α-hetero) is 1. The van der Waals surface area contributed by atoms with Crippen molar-refractivity contribution in [3.63, 3.8) is 0 Å². The van der Waals surface area contributed by atoms with Gasteiger partial charge in [-0.1, -0.05) is 20.8 Å². The van der Waals surface area contributed by atoms with Crippen LogP contribution in [-0.2, 0) is 4.79 Å². The number of ketones is 1. The molecule has 3 nitrogen and oxygen atoms in total. The van der Waals surface area contributed by atoms with E-state index < -0.39 is 0 Å². The highest BCUT2D eigenvalue weighted by Gasteiger charge is 2.27. The van der Waals surface area contributed by atoms with Crippen molar-refractivity contribution in [2.75, 3.05) is 13.1 Å². The van der Waals surface area contributed by atoms with Crippen LogP contribution in [0, 0.1) is 11.3 Å². The average molecular weight is 212 g/mol. The molecule has 0 aromatic carbocycles. The van der Waals surface area contributed by atoms with E-state index in [-0.39, 0.29) is 17.2 Å². The first-order valence-electron chi connectivity index (χ1n) is 5.91. The predicted molar refractivity (Wildman–Crippen MR) is 62.6 cm³/mol. The third kappa shape index (κ3) is 3.92. The lowest BCUT2D eigenvalue weighted by atomic mass is 9.82. The first kappa shape index (κ1) is 12.7. The molecule has 1 heterocycles. The minimum Gasteiger partial charge on any atom is -0.327 e. The molecule has 15 heavy (non-hydrogen) atoms. The van der Waals surface area contributed by atoms with Crippen LogP contribution in [0.2, 0.25) is 0 Å². The zero-order valence-corrected chi connectivity index (χ0v) is 10.2. The van der Waals surface area contributed by atoms with Gasteiger partial charge in [-0.2, -0.15) is 0 Å². The third-order valence-corrected chi connectivity index (χ3v) is 3.25. The van der Waals surface area contributed by atoms with Gasteiger partial charge < -0.3 is 11.1 Å². The van der Waals surface area contributed by atoms with E-state index in [0.29, 0.717) is 12.3 Å². The van der Waals surface area contributed by atoms with Gasteiger partial charge in [0.25, 0.3) is 0 Å². The second-order valence-corrected chi connectivity index (χ2v) is 5.63. The number of nitrogens with two attached hydrogens (primary N) is 1. The fourth-order valence-electron chi connectivity index (χ4n) is 1.96. The molecule has 1 saturated heterocycles. The maximum atomic E-state index is 11.8. The molecule has 1 unspecified atom stereocenters. The van der Waals surface area contributed by atoms with E-state index in [0.717, 1.165) is 25.9 Å². The monoisotopic (exact) mass is 212 g/mol. The van der Waals surface area contributed by atoms with Gasteiger partial charge in [0.05, 0.1) is 0 Å². The van der Waals surface area contributed by atoms with Gasteiger partial charge in [0.2, 0.25) is 0 Å². The molecule has 0 amide bonds. The Balaban J connectivity index is 2.40. The summed E-state index contributed by atoms with van der Waals surface area (Å²) in [6, 6.07) is 0.0545. The van der Waals surface area contributed by atoms with Crippen LogP contribution in [0.3, 0.4) is 0 Å². The molecule has 0 radical (unpaired) electrons. The van der Waals surface area contributed by atoms with Crippen molar-refractivity contribution >= 4 is 5.78 Å². The van der Waals surface area contributed by atoms with Gasteiger partial charge in [-0.15, -0.1) is 0 Å². The maximum Gasteiger partial charge on any atom is 0.139 e. The molecule has 0 aromatic heterocycles. The Morgan fingerprint density at radius 3 is 2.40 bits per heavy atom. The number of hydrogen-bond acceptors (Lipinski definition) is 3. The molecule has 0 aliphatic carbocycles. The summed E-state index contributed by atoms with van der Waals surface area (Å²) in [6.07, 6.45) is 2.76. The summed E-state index contributed by atoms with van der Waals surface area (Å²) in [5.41, 5.74) is 5.85. The molecule has 0 aromatic rings. The van der Waals surface area contributed by atoms with Gasteiger partial charge in [-0.25, -0.2) is 0 Å². The Labute approximate surface area is 92.8 Å². The normalized spacial score (nSPS) is 21.3. The van der Waals surface area contributed by atoms with E-state index in [2.05, 4.69) is 5.32 Å². The van der Waals surface area contributed by atoms with Crippen molar-refractivity contribution < 1.29 is 4.79 Å². The number of nitrogens with one attached hydrogen (secondary N) is 1. The molecule has 3 heteroatoms. The Hall–Kier alpha value is -0.410. The van der Waals surface area contributed by atoms with Crippen LogP contribution >= 0.6 is 0 Å². The van der Waals surface area contributed by atoms with Crippen LogP contribution in [0.15, 0.2) is 0 Å². The largest absolute Gasteiger partial charge is 0.327 e. The molecule has 1 fully saturated rings. The van der Waals surface area contributed by atoms with Gasteiger partial charge in [0, 0.05) is 17.9 Å². The fourth-order valence-corrected chi connectivity index (χ4v) is 1.96. The molecule has 0 bridgehead atoms. The number of carbonyl (C=O) groups excluding carboxylic acids is 1. The minimum atomic E-state index is -0.245. The number of hydrogen-bond donors (Lipinski definition) is 2. The van der Waals surface area contributed by atoms with Gasteiger partial charge in [0.15, 0.2) is 0 Å². The summed E-state index contributed by atoms with van der Waals surface area (Å²) in [7, 11) is 0. The second-order valence-electron chi connectivity index (χ2n) is 5.63. The summed E-state index contributed by atoms with van der Waals surface area (Å²) < 4.78 is 0. The van der Waals surface area contributed by atoms with Crippen molar-refractivity contribution in [3.05, 3.63) is 0 Å². The SMILES string of the molecule is CC(C)(C)C(=O)CC(N)C1CCNCC1. The number of piperidine rings is 1. The van der Waals surface area contributed by atoms with E-state index >= 15 is 0 Å². The number of carbonyl (C=O) groups is 1. The predicted octanol–water partition coefficient (Wildman–Crippen LogP) is 1.32. The van der Waals surface area contributed by atoms with Gasteiger partial charge >= 0.3 is 0 Å². The maximum absolute atomic E-state index is 11.8. The molecule has 0 saturated carbocycles. The molecular formula is C12H24N2O. The third-order valence-electron chi connectivity index (χ3n) is 3.25. The van der Waals surface area contributed by atoms with Crippen LogP contribution < -0.4 is 11.1 Å². The Morgan fingerprint density at radius 1 is 1.40 bits per heavy atom. The smallest absolute Gasteiger partial charge is 0.139 e. The summed E-state index contributed by atoms with van der Waals surface area (Å²) in [5.74, 6) is 0.811. The van der Waals surface area contributed by atoms with Crippen molar-refractivity contribution in [1.29, 1.82) is 0 Å². The molecule has 88 valence electrons. The van der Waals surface area contributed by atoms with Crippen molar-refractivity contribution in [2.45, 2.75) is 46.1 Å². The molecule has 3 N–H and O–H groups in total. The summed E-state index contributed by atoms with van der Waals surface area (Å²) >= 11 is 0. The summed E-state index contributed by atoms with van der Waals surface area (Å²) in [4.78, 5) is 11.8. The van der Waals surface area contributed by atoms with E-state index in [1.54, 1.807) is 0 Å². The van der Waals surface area contributed by atoms with Crippen molar-refractivity contribution in [1.82, 2.24) is 5.32 Å². The first-order chi connectivity index (χ1) is 6.91. The minimum absolute atomic E-state index is 0.0545. The average Bonchev–Trinajstić information content (AvgIpc) is 2.17. The highest BCUT2D eigenvalue weighted by Crippen LogP contribution is 2.22. The zero-order chi connectivity index (χ0) is 11.5. The highest BCUT2D eigenvalue weighted by molar-refractivity contribution is 5.84. The number of rotatable bonds is 3. The van der Waals surface area contributed by atoms with Gasteiger partial charge in [-0.3, -0.25) is 4.79 Å². The fraction of sp³-hybridized carbons (Fsp3) is 0.917. The van der Waals surface area contributed by atoms with Crippen LogP contribution in [0.5, 0.6) is 0 Å². The standard InChI is InChI=1S/C12H24N2O/c1-12(2,3)11(15)8-10(13)9-4-6-14-7-5-9/h9-10,14H,4-8,13H2,1-3H3. The molecule has 0 spiro atoms. The Morgan fingerprint density at radius 2 is 1.93 bits per heavy atom. The van der Waals surface area contributed by atoms with Gasteiger partial charge in [-0.05, 0) is 31.8 Å². The molecular weight excluding hydrogens is 188 g/mol. The van der Waals surface area contributed by atoms with E-state index in [1.807, 2.05) is 20.8 Å². The topological polar surface area (TPSA) is 55.1 Å². The lowest BCUT2D eigenvalue weighted by Gasteiger charge is -2.29. The van der Waals surface area contributed by atoms with E-state index in [9.17, 15) is 4.79 Å². The molecule has 1 rings (SSSR count). The second kappa shape index (κ2) is 5.08. The quantitative estimate of drug-likeness (QED) is 0.742. The Kier molecular flexibility index (Phi) is 4.29. The highest BCUT2D eigenvalue weighted by atomic mass is 16.1. The van der Waals surface area contributed by atoms with E-state index in [4.69, 9.17) is 5.73 Å². The molecule has 1 aliphatic heterocycles. The first-order valence-corrected chi connectivity index (χ1v) is 5.91. The summed E-state index contributed by atoms with van der Waals surface area (Å²) in [6.45, 7) is 7.98. The summed E-state index contributed by atoms with van der Waals surface area (Å²) in [5, 5.41) is 3.31. The van der Waals surface area contributed by atoms with Crippen LogP contribution in [-0.4, -0.2) is 24.9 Å². The van der Waals surface area contributed by atoms with E-state index in [1.165, 1.54) is 0 Å². The van der Waals surface area contributed by atoms with Crippen LogP contribution in [0.4, 0.5) is 0 Å². The van der Waals surface area contributed by atoms with Crippen LogP contribution in [0.1, 0.15) is 40.0 Å². The van der Waals surface area contributed by atoms with Crippen molar-refractivity contribution in [2.24, 2.45) is 17.1 Å². The lowest BCUT2D eigenvalue weighted by molar-refractivity contribution is -0.126. The van der Waals surface area contributed by atoms with Gasteiger partial charge in [0.1, 0.15) is 5.78 Å². The Bertz CT molecular complexity index is 214. The molecule has 1 aliphatic rings.